The lowest BCUT2D eigenvalue weighted by Crippen LogP contribution is -1.86. The second-order valence-corrected chi connectivity index (χ2v) is 9.17. The molecule has 0 unspecified atom stereocenters. The monoisotopic (exact) mass is 396 g/mol. The van der Waals surface area contributed by atoms with Crippen molar-refractivity contribution in [2.24, 2.45) is 0 Å². The van der Waals surface area contributed by atoms with E-state index in [4.69, 9.17) is 0 Å². The van der Waals surface area contributed by atoms with Crippen molar-refractivity contribution in [1.29, 1.82) is 0 Å². The third kappa shape index (κ3) is 9.32. The van der Waals surface area contributed by atoms with Crippen LogP contribution in [0.2, 0.25) is 0 Å². The van der Waals surface area contributed by atoms with Crippen molar-refractivity contribution < 1.29 is 0 Å². The number of thioether (sulfide) groups is 1. The van der Waals surface area contributed by atoms with Crippen molar-refractivity contribution in [2.45, 2.75) is 95.8 Å². The minimum atomic E-state index is 1.21. The van der Waals surface area contributed by atoms with Crippen LogP contribution >= 0.6 is 11.8 Å². The summed E-state index contributed by atoms with van der Waals surface area (Å²) < 4.78 is 0. The molecule has 0 aliphatic heterocycles. The Morgan fingerprint density at radius 2 is 1.04 bits per heavy atom. The third-order valence-electron chi connectivity index (χ3n) is 5.48. The highest BCUT2D eigenvalue weighted by Crippen LogP contribution is 2.25. The van der Waals surface area contributed by atoms with Crippen molar-refractivity contribution in [3.8, 4) is 11.1 Å². The Bertz CT molecular complexity index is 612. The predicted octanol–water partition coefficient (Wildman–Crippen LogP) is 9.32. The van der Waals surface area contributed by atoms with E-state index in [0.717, 1.165) is 0 Å². The molecule has 0 N–H and O–H groups in total. The van der Waals surface area contributed by atoms with Crippen LogP contribution in [0.4, 0.5) is 0 Å². The third-order valence-corrected chi connectivity index (χ3v) is 6.58. The Balaban J connectivity index is 1.66. The first-order valence-corrected chi connectivity index (χ1v) is 12.6. The quantitative estimate of drug-likeness (QED) is 0.213. The molecule has 0 fully saturated rings. The number of aryl methyl sites for hydroxylation is 1. The summed E-state index contributed by atoms with van der Waals surface area (Å²) in [6.07, 6.45) is 16.3. The fraction of sp³-hybridized carbons (Fsp3) is 0.556. The van der Waals surface area contributed by atoms with E-state index in [-0.39, 0.29) is 0 Å². The molecule has 2 rings (SSSR count). The molecule has 0 saturated carbocycles. The second kappa shape index (κ2) is 14.7. The first-order valence-electron chi connectivity index (χ1n) is 11.7. The summed E-state index contributed by atoms with van der Waals surface area (Å²) in [6.45, 7) is 4.55. The van der Waals surface area contributed by atoms with Gasteiger partial charge in [0.25, 0.3) is 0 Å². The Kier molecular flexibility index (Phi) is 12.1. The normalized spacial score (nSPS) is 11.1. The standard InChI is InChI=1S/C27H40S/c1-3-5-7-8-9-10-11-13-23-28-27-21-19-26(20-22-27)25-17-15-24(16-18-25)14-12-6-4-2/h15-22H,3-14,23H2,1-2H3. The van der Waals surface area contributed by atoms with Crippen molar-refractivity contribution in [3.05, 3.63) is 54.1 Å². The van der Waals surface area contributed by atoms with Crippen LogP contribution in [0.5, 0.6) is 0 Å². The molecule has 0 saturated heterocycles. The number of rotatable bonds is 15. The summed E-state index contributed by atoms with van der Waals surface area (Å²) >= 11 is 2.01. The molecule has 1 heteroatoms. The maximum absolute atomic E-state index is 2.30. The molecule has 0 aliphatic carbocycles. The Labute approximate surface area is 178 Å². The van der Waals surface area contributed by atoms with Gasteiger partial charge in [-0.05, 0) is 53.8 Å². The highest BCUT2D eigenvalue weighted by Gasteiger charge is 2.00. The van der Waals surface area contributed by atoms with Gasteiger partial charge in [0.05, 0.1) is 0 Å². The fourth-order valence-corrected chi connectivity index (χ4v) is 4.53. The molecular weight excluding hydrogens is 356 g/mol. The molecular formula is C27H40S. The van der Waals surface area contributed by atoms with Crippen LogP contribution in [0, 0.1) is 0 Å². The average Bonchev–Trinajstić information content (AvgIpc) is 2.74. The molecule has 0 amide bonds. The summed E-state index contributed by atoms with van der Waals surface area (Å²) in [4.78, 5) is 1.41. The summed E-state index contributed by atoms with van der Waals surface area (Å²) in [7, 11) is 0. The summed E-state index contributed by atoms with van der Waals surface area (Å²) in [5.74, 6) is 1.25. The van der Waals surface area contributed by atoms with Gasteiger partial charge < -0.3 is 0 Å². The highest BCUT2D eigenvalue weighted by atomic mass is 32.2. The molecule has 0 atom stereocenters. The summed E-state index contributed by atoms with van der Waals surface area (Å²) in [5.41, 5.74) is 4.13. The Morgan fingerprint density at radius 1 is 0.536 bits per heavy atom. The number of hydrogen-bond acceptors (Lipinski definition) is 1. The lowest BCUT2D eigenvalue weighted by molar-refractivity contribution is 0.586. The molecule has 0 aromatic heterocycles. The van der Waals surface area contributed by atoms with E-state index < -0.39 is 0 Å². The average molecular weight is 397 g/mol. The van der Waals surface area contributed by atoms with Gasteiger partial charge in [-0.15, -0.1) is 11.8 Å². The van der Waals surface area contributed by atoms with E-state index in [1.165, 1.54) is 104 Å². The molecule has 0 bridgehead atoms. The minimum Gasteiger partial charge on any atom is -0.126 e. The van der Waals surface area contributed by atoms with Gasteiger partial charge in [0, 0.05) is 4.90 Å². The zero-order valence-electron chi connectivity index (χ0n) is 18.2. The smallest absolute Gasteiger partial charge is 0.00723 e. The van der Waals surface area contributed by atoms with Gasteiger partial charge >= 0.3 is 0 Å². The van der Waals surface area contributed by atoms with Crippen LogP contribution in [-0.2, 0) is 6.42 Å². The maximum Gasteiger partial charge on any atom is 0.00723 e. The van der Waals surface area contributed by atoms with Gasteiger partial charge in [-0.1, -0.05) is 108 Å². The van der Waals surface area contributed by atoms with Crippen LogP contribution in [0.25, 0.3) is 11.1 Å². The van der Waals surface area contributed by atoms with Gasteiger partial charge in [-0.25, -0.2) is 0 Å². The predicted molar refractivity (Wildman–Crippen MR) is 128 cm³/mol. The van der Waals surface area contributed by atoms with E-state index in [0.29, 0.717) is 0 Å². The van der Waals surface area contributed by atoms with Crippen molar-refractivity contribution in [1.82, 2.24) is 0 Å². The largest absolute Gasteiger partial charge is 0.126 e. The van der Waals surface area contributed by atoms with E-state index in [9.17, 15) is 0 Å². The lowest BCUT2D eigenvalue weighted by atomic mass is 10.0. The SMILES string of the molecule is CCCCCCCCCCSc1ccc(-c2ccc(CCCCC)cc2)cc1. The van der Waals surface area contributed by atoms with Gasteiger partial charge in [-0.3, -0.25) is 0 Å². The first-order chi connectivity index (χ1) is 13.8. The zero-order valence-corrected chi connectivity index (χ0v) is 19.0. The van der Waals surface area contributed by atoms with Crippen LogP contribution in [0.1, 0.15) is 90.0 Å². The highest BCUT2D eigenvalue weighted by molar-refractivity contribution is 7.99. The van der Waals surface area contributed by atoms with Gasteiger partial charge in [0.15, 0.2) is 0 Å². The molecule has 0 heterocycles. The van der Waals surface area contributed by atoms with E-state index in [1.807, 2.05) is 11.8 Å². The summed E-state index contributed by atoms with van der Waals surface area (Å²) in [6, 6.07) is 18.3. The Hall–Kier alpha value is -1.21. The molecule has 0 aliphatic rings. The summed E-state index contributed by atoms with van der Waals surface area (Å²) in [5, 5.41) is 0. The van der Waals surface area contributed by atoms with E-state index in [2.05, 4.69) is 62.4 Å². The van der Waals surface area contributed by atoms with Crippen molar-refractivity contribution >= 4 is 11.8 Å². The van der Waals surface area contributed by atoms with Gasteiger partial charge in [-0.2, -0.15) is 0 Å². The molecule has 28 heavy (non-hydrogen) atoms. The van der Waals surface area contributed by atoms with Crippen LogP contribution in [0.3, 0.4) is 0 Å². The van der Waals surface area contributed by atoms with Crippen LogP contribution in [-0.4, -0.2) is 5.75 Å². The van der Waals surface area contributed by atoms with E-state index >= 15 is 0 Å². The molecule has 0 spiro atoms. The molecule has 0 radical (unpaired) electrons. The lowest BCUT2D eigenvalue weighted by Gasteiger charge is -2.07. The minimum absolute atomic E-state index is 1.21. The molecule has 2 aromatic rings. The first kappa shape index (κ1) is 23.1. The van der Waals surface area contributed by atoms with E-state index in [1.54, 1.807) is 0 Å². The van der Waals surface area contributed by atoms with Crippen molar-refractivity contribution in [3.63, 3.8) is 0 Å². The number of benzene rings is 2. The van der Waals surface area contributed by atoms with Gasteiger partial charge in [0.2, 0.25) is 0 Å². The number of unbranched alkanes of at least 4 members (excludes halogenated alkanes) is 9. The molecule has 0 nitrogen and oxygen atoms in total. The Morgan fingerprint density at radius 3 is 1.64 bits per heavy atom. The zero-order chi connectivity index (χ0) is 19.9. The van der Waals surface area contributed by atoms with Crippen LogP contribution in [0.15, 0.2) is 53.4 Å². The van der Waals surface area contributed by atoms with Gasteiger partial charge in [0.1, 0.15) is 0 Å². The second-order valence-electron chi connectivity index (χ2n) is 8.00. The van der Waals surface area contributed by atoms with Crippen molar-refractivity contribution in [2.75, 3.05) is 5.75 Å². The van der Waals surface area contributed by atoms with Crippen LogP contribution < -0.4 is 0 Å². The topological polar surface area (TPSA) is 0 Å². The number of hydrogen-bond donors (Lipinski definition) is 0. The maximum atomic E-state index is 2.30. The fourth-order valence-electron chi connectivity index (χ4n) is 3.61. The molecule has 2 aromatic carbocycles. The molecule has 154 valence electrons.